The maximum atomic E-state index is 13.4. The summed E-state index contributed by atoms with van der Waals surface area (Å²) < 4.78 is 5.39. The van der Waals surface area contributed by atoms with Gasteiger partial charge in [0.15, 0.2) is 0 Å². The number of anilines is 2. The number of carbonyl (C=O) groups is 2. The molecule has 162 valence electrons. The Morgan fingerprint density at radius 2 is 1.77 bits per heavy atom. The number of amides is 2. The molecule has 0 bridgehead atoms. The molecule has 6 nitrogen and oxygen atoms in total. The van der Waals surface area contributed by atoms with Gasteiger partial charge < -0.3 is 19.9 Å². The van der Waals surface area contributed by atoms with E-state index < -0.39 is 5.41 Å². The van der Waals surface area contributed by atoms with Gasteiger partial charge in [-0.25, -0.2) is 0 Å². The highest BCUT2D eigenvalue weighted by Crippen LogP contribution is 2.48. The Morgan fingerprint density at radius 3 is 2.48 bits per heavy atom. The molecule has 3 heterocycles. The van der Waals surface area contributed by atoms with Crippen molar-refractivity contribution in [1.29, 1.82) is 0 Å². The average Bonchev–Trinajstić information content (AvgIpc) is 3.02. The predicted octanol–water partition coefficient (Wildman–Crippen LogP) is 3.11. The molecule has 0 unspecified atom stereocenters. The van der Waals surface area contributed by atoms with E-state index in [4.69, 9.17) is 4.74 Å². The number of rotatable bonds is 3. The zero-order valence-corrected chi connectivity index (χ0v) is 18.0. The van der Waals surface area contributed by atoms with E-state index in [0.717, 1.165) is 50.0 Å². The quantitative estimate of drug-likeness (QED) is 0.831. The molecule has 1 N–H and O–H groups in total. The van der Waals surface area contributed by atoms with Gasteiger partial charge in [0.2, 0.25) is 5.91 Å². The van der Waals surface area contributed by atoms with Gasteiger partial charge in [-0.2, -0.15) is 0 Å². The third-order valence-electron chi connectivity index (χ3n) is 7.14. The molecule has 0 aromatic heterocycles. The average molecular weight is 420 g/mol. The van der Waals surface area contributed by atoms with Crippen LogP contribution in [-0.4, -0.2) is 51.2 Å². The van der Waals surface area contributed by atoms with E-state index in [1.807, 2.05) is 43.4 Å². The van der Waals surface area contributed by atoms with Crippen LogP contribution in [-0.2, 0) is 14.9 Å². The second kappa shape index (κ2) is 8.00. The summed E-state index contributed by atoms with van der Waals surface area (Å²) >= 11 is 0. The molecule has 2 aromatic carbocycles. The molecule has 2 aromatic rings. The Balaban J connectivity index is 1.39. The normalized spacial score (nSPS) is 20.7. The van der Waals surface area contributed by atoms with E-state index in [1.54, 1.807) is 4.90 Å². The van der Waals surface area contributed by atoms with Crippen molar-refractivity contribution in [3.63, 3.8) is 0 Å². The number of carbonyl (C=O) groups excluding carboxylic acids is 2. The molecular weight excluding hydrogens is 390 g/mol. The highest BCUT2D eigenvalue weighted by Gasteiger charge is 2.51. The van der Waals surface area contributed by atoms with E-state index in [2.05, 4.69) is 22.3 Å². The fourth-order valence-corrected chi connectivity index (χ4v) is 5.28. The lowest BCUT2D eigenvalue weighted by Crippen LogP contribution is -2.48. The molecule has 0 saturated carbocycles. The number of piperidine rings is 1. The molecule has 3 aliphatic rings. The summed E-state index contributed by atoms with van der Waals surface area (Å²) in [6, 6.07) is 16.2. The third-order valence-corrected chi connectivity index (χ3v) is 7.14. The second-order valence-electron chi connectivity index (χ2n) is 8.86. The van der Waals surface area contributed by atoms with Gasteiger partial charge in [-0.1, -0.05) is 18.2 Å². The molecule has 6 heteroatoms. The molecule has 2 saturated heterocycles. The van der Waals surface area contributed by atoms with E-state index in [0.29, 0.717) is 18.8 Å². The summed E-state index contributed by atoms with van der Waals surface area (Å²) in [6.45, 7) is 3.02. The van der Waals surface area contributed by atoms with Crippen molar-refractivity contribution >= 4 is 23.2 Å². The lowest BCUT2D eigenvalue weighted by Gasteiger charge is -2.39. The summed E-state index contributed by atoms with van der Waals surface area (Å²) in [7, 11) is 1.85. The number of nitrogens with zero attached hydrogens (tertiary/aromatic N) is 2. The summed E-state index contributed by atoms with van der Waals surface area (Å²) in [5.74, 6) is 0.0887. The van der Waals surface area contributed by atoms with Crippen LogP contribution in [0.1, 0.15) is 41.6 Å². The van der Waals surface area contributed by atoms with Gasteiger partial charge in [0.05, 0.1) is 5.41 Å². The largest absolute Gasteiger partial charge is 0.381 e. The minimum atomic E-state index is -0.537. The smallest absolute Gasteiger partial charge is 0.251 e. The zero-order chi connectivity index (χ0) is 21.4. The lowest BCUT2D eigenvalue weighted by molar-refractivity contribution is -0.123. The van der Waals surface area contributed by atoms with Gasteiger partial charge in [-0.3, -0.25) is 9.59 Å². The van der Waals surface area contributed by atoms with Crippen LogP contribution in [0, 0.1) is 0 Å². The van der Waals surface area contributed by atoms with Crippen molar-refractivity contribution in [2.24, 2.45) is 0 Å². The Kier molecular flexibility index (Phi) is 5.18. The topological polar surface area (TPSA) is 61.9 Å². The van der Waals surface area contributed by atoms with Gasteiger partial charge in [-0.15, -0.1) is 0 Å². The first-order valence-electron chi connectivity index (χ1n) is 11.2. The first kappa shape index (κ1) is 20.1. The van der Waals surface area contributed by atoms with Crippen molar-refractivity contribution in [2.45, 2.75) is 37.1 Å². The standard InChI is InChI=1S/C25H29N3O3/c1-27-22-8-7-18(23(29)26-19-9-15-31-16-10-19)17-21(22)25(24(27)30)11-13-28(14-12-25)20-5-3-2-4-6-20/h2-8,17,19H,9-16H2,1H3,(H,26,29). The van der Waals surface area contributed by atoms with Gasteiger partial charge in [-0.05, 0) is 61.6 Å². The third kappa shape index (κ3) is 3.49. The van der Waals surface area contributed by atoms with Crippen LogP contribution in [0.4, 0.5) is 11.4 Å². The molecule has 2 fully saturated rings. The van der Waals surface area contributed by atoms with E-state index >= 15 is 0 Å². The number of nitrogens with one attached hydrogen (secondary N) is 1. The van der Waals surface area contributed by atoms with Gasteiger partial charge in [0.1, 0.15) is 0 Å². The van der Waals surface area contributed by atoms with Crippen molar-refractivity contribution in [3.8, 4) is 0 Å². The molecule has 0 atom stereocenters. The predicted molar refractivity (Wildman–Crippen MR) is 121 cm³/mol. The fourth-order valence-electron chi connectivity index (χ4n) is 5.28. The van der Waals surface area contributed by atoms with Crippen molar-refractivity contribution in [2.75, 3.05) is 43.2 Å². The van der Waals surface area contributed by atoms with Crippen molar-refractivity contribution in [3.05, 3.63) is 59.7 Å². The second-order valence-corrected chi connectivity index (χ2v) is 8.86. The summed E-state index contributed by atoms with van der Waals surface area (Å²) in [5, 5.41) is 3.14. The molecule has 31 heavy (non-hydrogen) atoms. The number of hydrogen-bond donors (Lipinski definition) is 1. The van der Waals surface area contributed by atoms with E-state index in [1.165, 1.54) is 5.69 Å². The zero-order valence-electron chi connectivity index (χ0n) is 18.0. The Morgan fingerprint density at radius 1 is 1.06 bits per heavy atom. The summed E-state index contributed by atoms with van der Waals surface area (Å²) in [4.78, 5) is 30.4. The van der Waals surface area contributed by atoms with Gasteiger partial charge in [0, 0.05) is 56.3 Å². The fraction of sp³-hybridized carbons (Fsp3) is 0.440. The number of para-hydroxylation sites is 1. The molecule has 0 aliphatic carbocycles. The Hall–Kier alpha value is -2.86. The minimum absolute atomic E-state index is 0.0615. The van der Waals surface area contributed by atoms with Gasteiger partial charge in [0.25, 0.3) is 5.91 Å². The first-order valence-corrected chi connectivity index (χ1v) is 11.2. The molecule has 5 rings (SSSR count). The van der Waals surface area contributed by atoms with Crippen LogP contribution in [0.5, 0.6) is 0 Å². The molecule has 3 aliphatic heterocycles. The number of ether oxygens (including phenoxy) is 1. The minimum Gasteiger partial charge on any atom is -0.381 e. The van der Waals surface area contributed by atoms with E-state index in [9.17, 15) is 9.59 Å². The monoisotopic (exact) mass is 419 g/mol. The maximum absolute atomic E-state index is 13.4. The highest BCUT2D eigenvalue weighted by molar-refractivity contribution is 6.09. The van der Waals surface area contributed by atoms with Crippen LogP contribution in [0.3, 0.4) is 0 Å². The molecule has 2 amide bonds. The lowest BCUT2D eigenvalue weighted by atomic mass is 9.73. The SMILES string of the molecule is CN1C(=O)C2(CCN(c3ccccc3)CC2)c2cc(C(=O)NC3CCOCC3)ccc21. The van der Waals surface area contributed by atoms with Crippen LogP contribution >= 0.6 is 0 Å². The molecule has 0 radical (unpaired) electrons. The number of fused-ring (bicyclic) bond motifs is 2. The Bertz CT molecular complexity index is 977. The Labute approximate surface area is 183 Å². The van der Waals surface area contributed by atoms with Crippen LogP contribution < -0.4 is 15.1 Å². The molecular formula is C25H29N3O3. The molecule has 1 spiro atoms. The van der Waals surface area contributed by atoms with Gasteiger partial charge >= 0.3 is 0 Å². The van der Waals surface area contributed by atoms with Crippen LogP contribution in [0.25, 0.3) is 0 Å². The first-order chi connectivity index (χ1) is 15.1. The maximum Gasteiger partial charge on any atom is 0.251 e. The van der Waals surface area contributed by atoms with Crippen LogP contribution in [0.2, 0.25) is 0 Å². The summed E-state index contributed by atoms with van der Waals surface area (Å²) in [6.07, 6.45) is 3.19. The van der Waals surface area contributed by atoms with Crippen LogP contribution in [0.15, 0.2) is 48.5 Å². The van der Waals surface area contributed by atoms with Crippen molar-refractivity contribution in [1.82, 2.24) is 5.32 Å². The van der Waals surface area contributed by atoms with Crippen molar-refractivity contribution < 1.29 is 14.3 Å². The number of likely N-dealkylation sites (N-methyl/N-ethyl adjacent to an activating group) is 1. The number of hydrogen-bond acceptors (Lipinski definition) is 4. The number of benzene rings is 2. The van der Waals surface area contributed by atoms with E-state index in [-0.39, 0.29) is 17.9 Å². The highest BCUT2D eigenvalue weighted by atomic mass is 16.5. The summed E-state index contributed by atoms with van der Waals surface area (Å²) in [5.41, 5.74) is 3.23.